The molecular weight excluding hydrogens is 362 g/mol. The van der Waals surface area contributed by atoms with Gasteiger partial charge in [-0.3, -0.25) is 4.84 Å². The smallest absolute Gasteiger partial charge is 0.343 e. The molecule has 0 amide bonds. The Morgan fingerprint density at radius 1 is 0.962 bits per heavy atom. The number of methoxy groups -OCH3 is 2. The Morgan fingerprint density at radius 2 is 1.54 bits per heavy atom. The lowest BCUT2D eigenvalue weighted by molar-refractivity contribution is -0.0258. The van der Waals surface area contributed by atoms with E-state index in [1.165, 1.54) is 52.6 Å². The van der Waals surface area contributed by atoms with Gasteiger partial charge in [-0.25, -0.2) is 13.2 Å². The van der Waals surface area contributed by atoms with Crippen LogP contribution in [0.1, 0.15) is 10.4 Å². The van der Waals surface area contributed by atoms with Gasteiger partial charge in [0.15, 0.2) is 11.5 Å². The maximum Gasteiger partial charge on any atom is 0.343 e. The quantitative estimate of drug-likeness (QED) is 0.412. The maximum absolute atomic E-state index is 12.5. The number of hydrogen-bond acceptors (Lipinski definition) is 7. The molecule has 140 valence electrons. The maximum atomic E-state index is 12.5. The number of carbonyl (C=O) groups excluding carboxylic acids is 1. The van der Waals surface area contributed by atoms with E-state index < -0.39 is 16.0 Å². The molecule has 0 aliphatic rings. The molecule has 8 nitrogen and oxygen atoms in total. The fourth-order valence-corrected chi connectivity index (χ4v) is 3.12. The van der Waals surface area contributed by atoms with Crippen molar-refractivity contribution in [1.29, 1.82) is 0 Å². The van der Waals surface area contributed by atoms with Crippen LogP contribution in [0.5, 0.6) is 17.2 Å². The van der Waals surface area contributed by atoms with Crippen LogP contribution in [-0.2, 0) is 14.9 Å². The van der Waals surface area contributed by atoms with Gasteiger partial charge in [0.2, 0.25) is 5.75 Å². The minimum atomic E-state index is -3.89. The SMILES string of the molecule is COc1cccc(OC)c1OC(=O)c1cccc(S(=O)(=O)N(C)OC)c1. The van der Waals surface area contributed by atoms with E-state index in [9.17, 15) is 13.2 Å². The van der Waals surface area contributed by atoms with Crippen LogP contribution in [0, 0.1) is 0 Å². The number of esters is 1. The van der Waals surface area contributed by atoms with Crippen molar-refractivity contribution in [2.45, 2.75) is 4.90 Å². The van der Waals surface area contributed by atoms with Gasteiger partial charge in [0.25, 0.3) is 10.0 Å². The summed E-state index contributed by atoms with van der Waals surface area (Å²) in [5.74, 6) is -0.0455. The first-order chi connectivity index (χ1) is 12.3. The van der Waals surface area contributed by atoms with Gasteiger partial charge in [-0.2, -0.15) is 0 Å². The van der Waals surface area contributed by atoms with Gasteiger partial charge >= 0.3 is 5.97 Å². The highest BCUT2D eigenvalue weighted by Gasteiger charge is 2.23. The Hall–Kier alpha value is -2.62. The number of sulfonamides is 1. The Kier molecular flexibility index (Phi) is 6.19. The van der Waals surface area contributed by atoms with Crippen molar-refractivity contribution in [3.63, 3.8) is 0 Å². The summed E-state index contributed by atoms with van der Waals surface area (Å²) in [5.41, 5.74) is 0.0449. The number of ether oxygens (including phenoxy) is 3. The third-order valence-corrected chi connectivity index (χ3v) is 5.22. The van der Waals surface area contributed by atoms with Crippen molar-refractivity contribution >= 4 is 16.0 Å². The van der Waals surface area contributed by atoms with Crippen LogP contribution in [-0.4, -0.2) is 47.2 Å². The molecule has 26 heavy (non-hydrogen) atoms. The van der Waals surface area contributed by atoms with E-state index in [1.54, 1.807) is 18.2 Å². The number of nitrogens with zero attached hydrogens (tertiary/aromatic N) is 1. The normalized spacial score (nSPS) is 11.3. The molecule has 0 saturated heterocycles. The van der Waals surface area contributed by atoms with Crippen molar-refractivity contribution in [2.75, 3.05) is 28.4 Å². The zero-order chi connectivity index (χ0) is 19.3. The van der Waals surface area contributed by atoms with Crippen LogP contribution in [0.25, 0.3) is 0 Å². The van der Waals surface area contributed by atoms with E-state index >= 15 is 0 Å². The molecule has 0 bridgehead atoms. The van der Waals surface area contributed by atoms with Crippen LogP contribution < -0.4 is 14.2 Å². The van der Waals surface area contributed by atoms with E-state index in [1.807, 2.05) is 0 Å². The Labute approximate surface area is 151 Å². The summed E-state index contributed by atoms with van der Waals surface area (Å²) in [5, 5.41) is 0. The molecule has 2 aromatic rings. The zero-order valence-electron chi connectivity index (χ0n) is 14.8. The first kappa shape index (κ1) is 19.7. The van der Waals surface area contributed by atoms with Crippen molar-refractivity contribution in [2.24, 2.45) is 0 Å². The van der Waals surface area contributed by atoms with Gasteiger partial charge in [0.05, 0.1) is 31.8 Å². The summed E-state index contributed by atoms with van der Waals surface area (Å²) >= 11 is 0. The van der Waals surface area contributed by atoms with Crippen LogP contribution in [0.2, 0.25) is 0 Å². The molecule has 0 aliphatic heterocycles. The molecule has 0 aromatic heterocycles. The molecule has 0 saturated carbocycles. The number of para-hydroxylation sites is 1. The molecule has 2 aromatic carbocycles. The Bertz CT molecular complexity index is 873. The van der Waals surface area contributed by atoms with E-state index in [0.29, 0.717) is 16.0 Å². The van der Waals surface area contributed by atoms with Crippen LogP contribution in [0.15, 0.2) is 47.4 Å². The highest BCUT2D eigenvalue weighted by molar-refractivity contribution is 7.89. The lowest BCUT2D eigenvalue weighted by Crippen LogP contribution is -2.26. The molecule has 0 unspecified atom stereocenters. The molecule has 0 fully saturated rings. The second-order valence-electron chi connectivity index (χ2n) is 5.01. The predicted molar refractivity (Wildman–Crippen MR) is 92.9 cm³/mol. The zero-order valence-corrected chi connectivity index (χ0v) is 15.6. The monoisotopic (exact) mass is 381 g/mol. The summed E-state index contributed by atoms with van der Waals surface area (Å²) < 4.78 is 41.0. The Balaban J connectivity index is 2.37. The largest absolute Gasteiger partial charge is 0.493 e. The highest BCUT2D eigenvalue weighted by Crippen LogP contribution is 2.37. The van der Waals surface area contributed by atoms with Crippen LogP contribution in [0.3, 0.4) is 0 Å². The highest BCUT2D eigenvalue weighted by atomic mass is 32.2. The second kappa shape index (κ2) is 8.17. The molecule has 2 rings (SSSR count). The second-order valence-corrected chi connectivity index (χ2v) is 6.94. The molecule has 0 heterocycles. The molecule has 0 atom stereocenters. The van der Waals surface area contributed by atoms with E-state index in [-0.39, 0.29) is 16.2 Å². The standard InChI is InChI=1S/C17H19NO7S/c1-18(24-4)26(20,21)13-8-5-7-12(11-13)17(19)25-16-14(22-2)9-6-10-15(16)23-3/h5-11H,1-4H3. The number of carbonyl (C=O) groups is 1. The molecule has 0 aliphatic carbocycles. The minimum Gasteiger partial charge on any atom is -0.493 e. The number of rotatable bonds is 7. The lowest BCUT2D eigenvalue weighted by atomic mass is 10.2. The van der Waals surface area contributed by atoms with Crippen molar-refractivity contribution in [1.82, 2.24) is 4.47 Å². The summed E-state index contributed by atoms with van der Waals surface area (Å²) in [6, 6.07) is 10.3. The average molecular weight is 381 g/mol. The molecule has 0 radical (unpaired) electrons. The fraction of sp³-hybridized carbons (Fsp3) is 0.235. The third-order valence-electron chi connectivity index (χ3n) is 3.54. The number of hydrogen-bond donors (Lipinski definition) is 0. The summed E-state index contributed by atoms with van der Waals surface area (Å²) in [4.78, 5) is 17.1. The topological polar surface area (TPSA) is 91.4 Å². The van der Waals surface area contributed by atoms with Crippen LogP contribution in [0.4, 0.5) is 0 Å². The average Bonchev–Trinajstić information content (AvgIpc) is 2.67. The van der Waals surface area contributed by atoms with Crippen molar-refractivity contribution in [3.8, 4) is 17.2 Å². The van der Waals surface area contributed by atoms with Crippen molar-refractivity contribution < 1.29 is 32.3 Å². The van der Waals surface area contributed by atoms with Gasteiger partial charge in [0, 0.05) is 7.05 Å². The van der Waals surface area contributed by atoms with Gasteiger partial charge in [-0.1, -0.05) is 16.6 Å². The Morgan fingerprint density at radius 3 is 2.08 bits per heavy atom. The van der Waals surface area contributed by atoms with E-state index in [4.69, 9.17) is 19.0 Å². The van der Waals surface area contributed by atoms with Crippen molar-refractivity contribution in [3.05, 3.63) is 48.0 Å². The minimum absolute atomic E-state index is 0.0449. The molecule has 0 N–H and O–H groups in total. The van der Waals surface area contributed by atoms with Gasteiger partial charge in [-0.05, 0) is 30.3 Å². The van der Waals surface area contributed by atoms with Crippen LogP contribution >= 0.6 is 0 Å². The molecular formula is C17H19NO7S. The first-order valence-corrected chi connectivity index (χ1v) is 8.85. The lowest BCUT2D eigenvalue weighted by Gasteiger charge is -2.15. The van der Waals surface area contributed by atoms with Gasteiger partial charge in [0.1, 0.15) is 0 Å². The fourth-order valence-electron chi connectivity index (χ4n) is 2.10. The number of benzene rings is 2. The molecule has 0 spiro atoms. The van der Waals surface area contributed by atoms with Gasteiger partial charge in [-0.15, -0.1) is 0 Å². The summed E-state index contributed by atoms with van der Waals surface area (Å²) in [6.07, 6.45) is 0. The third kappa shape index (κ3) is 3.96. The summed E-state index contributed by atoms with van der Waals surface area (Å²) in [6.45, 7) is 0. The molecule has 9 heteroatoms. The van der Waals surface area contributed by atoms with Gasteiger partial charge < -0.3 is 14.2 Å². The van der Waals surface area contributed by atoms with E-state index in [2.05, 4.69) is 0 Å². The van der Waals surface area contributed by atoms with E-state index in [0.717, 1.165) is 0 Å². The number of hydroxylamine groups is 1. The predicted octanol–water partition coefficient (Wildman–Crippen LogP) is 2.10. The first-order valence-electron chi connectivity index (χ1n) is 7.41. The summed E-state index contributed by atoms with van der Waals surface area (Å²) in [7, 11) is 1.45.